The van der Waals surface area contributed by atoms with E-state index in [1.54, 1.807) is 4.90 Å². The quantitative estimate of drug-likeness (QED) is 0.782. The van der Waals surface area contributed by atoms with Gasteiger partial charge in [-0.05, 0) is 25.0 Å². The lowest BCUT2D eigenvalue weighted by Gasteiger charge is -2.48. The molecule has 3 aliphatic heterocycles. The van der Waals surface area contributed by atoms with Crippen molar-refractivity contribution in [3.63, 3.8) is 0 Å². The van der Waals surface area contributed by atoms with Crippen LogP contribution in [-0.4, -0.2) is 86.3 Å². The zero-order valence-corrected chi connectivity index (χ0v) is 15.6. The standard InChI is InChI=1S/C20H27N3O4/c24-18(13-21-9-11-26-12-10-21)22-8-4-7-20(15-22)16-23(19(25)14-27-20)17-5-2-1-3-6-17/h1-3,5-6H,4,7-16H2. The number of para-hydroxylation sites is 1. The maximum atomic E-state index is 12.8. The summed E-state index contributed by atoms with van der Waals surface area (Å²) in [5.41, 5.74) is 0.421. The van der Waals surface area contributed by atoms with Crippen LogP contribution in [0.15, 0.2) is 30.3 Å². The van der Waals surface area contributed by atoms with E-state index in [4.69, 9.17) is 9.47 Å². The van der Waals surface area contributed by atoms with Gasteiger partial charge in [-0.1, -0.05) is 18.2 Å². The van der Waals surface area contributed by atoms with Crippen LogP contribution in [0.1, 0.15) is 12.8 Å². The van der Waals surface area contributed by atoms with Crippen LogP contribution in [-0.2, 0) is 19.1 Å². The van der Waals surface area contributed by atoms with Crippen molar-refractivity contribution in [3.8, 4) is 0 Å². The van der Waals surface area contributed by atoms with E-state index >= 15 is 0 Å². The molecule has 7 nitrogen and oxygen atoms in total. The fourth-order valence-electron chi connectivity index (χ4n) is 4.17. The second kappa shape index (κ2) is 7.96. The number of benzene rings is 1. The van der Waals surface area contributed by atoms with E-state index in [9.17, 15) is 9.59 Å². The molecule has 1 aromatic rings. The Morgan fingerprint density at radius 1 is 1.07 bits per heavy atom. The number of morpholine rings is 2. The molecule has 3 heterocycles. The summed E-state index contributed by atoms with van der Waals surface area (Å²) >= 11 is 0. The molecule has 2 amide bonds. The Hall–Kier alpha value is -1.96. The summed E-state index contributed by atoms with van der Waals surface area (Å²) in [5.74, 6) is 0.117. The Bertz CT molecular complexity index is 677. The molecule has 1 aromatic carbocycles. The lowest BCUT2D eigenvalue weighted by atomic mass is 9.90. The molecule has 1 unspecified atom stereocenters. The first-order valence-corrected chi connectivity index (χ1v) is 9.73. The summed E-state index contributed by atoms with van der Waals surface area (Å²) in [4.78, 5) is 31.1. The number of piperidine rings is 1. The monoisotopic (exact) mass is 373 g/mol. The normalized spacial score (nSPS) is 27.2. The van der Waals surface area contributed by atoms with Gasteiger partial charge >= 0.3 is 0 Å². The summed E-state index contributed by atoms with van der Waals surface area (Å²) in [5, 5.41) is 0. The minimum Gasteiger partial charge on any atom is -0.379 e. The van der Waals surface area contributed by atoms with E-state index in [0.29, 0.717) is 32.8 Å². The number of carbonyl (C=O) groups is 2. The number of anilines is 1. The third-order valence-electron chi connectivity index (χ3n) is 5.67. The molecule has 0 radical (unpaired) electrons. The van der Waals surface area contributed by atoms with Gasteiger partial charge in [-0.3, -0.25) is 14.5 Å². The molecular formula is C20H27N3O4. The predicted octanol–water partition coefficient (Wildman–Crippen LogP) is 0.743. The van der Waals surface area contributed by atoms with Crippen LogP contribution in [0.5, 0.6) is 0 Å². The van der Waals surface area contributed by atoms with Crippen LogP contribution < -0.4 is 4.90 Å². The van der Waals surface area contributed by atoms with E-state index in [2.05, 4.69) is 4.90 Å². The minimum atomic E-state index is -0.470. The third kappa shape index (κ3) is 4.15. The van der Waals surface area contributed by atoms with E-state index in [1.807, 2.05) is 35.2 Å². The second-order valence-electron chi connectivity index (χ2n) is 7.59. The van der Waals surface area contributed by atoms with Crippen LogP contribution in [0, 0.1) is 0 Å². The third-order valence-corrected chi connectivity index (χ3v) is 5.67. The van der Waals surface area contributed by atoms with Gasteiger partial charge in [0.2, 0.25) is 5.91 Å². The lowest BCUT2D eigenvalue weighted by Crippen LogP contribution is -2.63. The number of hydrogen-bond donors (Lipinski definition) is 0. The Balaban J connectivity index is 1.43. The molecule has 3 aliphatic rings. The van der Waals surface area contributed by atoms with Gasteiger partial charge in [-0.25, -0.2) is 0 Å². The first-order valence-electron chi connectivity index (χ1n) is 9.73. The fourth-order valence-corrected chi connectivity index (χ4v) is 4.17. The van der Waals surface area contributed by atoms with Crippen molar-refractivity contribution < 1.29 is 19.1 Å². The molecule has 1 atom stereocenters. The predicted molar refractivity (Wildman–Crippen MR) is 101 cm³/mol. The smallest absolute Gasteiger partial charge is 0.253 e. The highest BCUT2D eigenvalue weighted by Gasteiger charge is 2.44. The summed E-state index contributed by atoms with van der Waals surface area (Å²) in [6.07, 6.45) is 1.76. The molecule has 3 fully saturated rings. The highest BCUT2D eigenvalue weighted by Crippen LogP contribution is 2.31. The molecule has 1 spiro atoms. The molecular weight excluding hydrogens is 346 g/mol. The molecule has 4 rings (SSSR count). The molecule has 27 heavy (non-hydrogen) atoms. The Morgan fingerprint density at radius 3 is 2.63 bits per heavy atom. The Kier molecular flexibility index (Phi) is 5.43. The molecule has 0 N–H and O–H groups in total. The maximum Gasteiger partial charge on any atom is 0.253 e. The molecule has 3 saturated heterocycles. The Morgan fingerprint density at radius 2 is 1.85 bits per heavy atom. The highest BCUT2D eigenvalue weighted by atomic mass is 16.5. The van der Waals surface area contributed by atoms with Crippen molar-refractivity contribution in [2.45, 2.75) is 18.4 Å². The number of nitrogens with zero attached hydrogens (tertiary/aromatic N) is 3. The highest BCUT2D eigenvalue weighted by molar-refractivity contribution is 5.95. The summed E-state index contributed by atoms with van der Waals surface area (Å²) in [6.45, 7) is 5.29. The molecule has 0 aromatic heterocycles. The van der Waals surface area contributed by atoms with Crippen LogP contribution in [0.4, 0.5) is 5.69 Å². The largest absolute Gasteiger partial charge is 0.379 e. The van der Waals surface area contributed by atoms with E-state index in [-0.39, 0.29) is 18.4 Å². The van der Waals surface area contributed by atoms with Crippen molar-refractivity contribution in [1.82, 2.24) is 9.80 Å². The van der Waals surface area contributed by atoms with Crippen LogP contribution in [0.2, 0.25) is 0 Å². The van der Waals surface area contributed by atoms with E-state index in [1.165, 1.54) is 0 Å². The summed E-state index contributed by atoms with van der Waals surface area (Å²) < 4.78 is 11.4. The van der Waals surface area contributed by atoms with Gasteiger partial charge in [-0.2, -0.15) is 0 Å². The van der Waals surface area contributed by atoms with Gasteiger partial charge in [0.1, 0.15) is 12.2 Å². The zero-order valence-electron chi connectivity index (χ0n) is 15.6. The first-order chi connectivity index (χ1) is 13.2. The minimum absolute atomic E-state index is 0.0245. The van der Waals surface area contributed by atoms with E-state index < -0.39 is 5.60 Å². The molecule has 0 aliphatic carbocycles. The summed E-state index contributed by atoms with van der Waals surface area (Å²) in [6, 6.07) is 9.70. The number of carbonyl (C=O) groups excluding carboxylic acids is 2. The number of likely N-dealkylation sites (tertiary alicyclic amines) is 1. The van der Waals surface area contributed by atoms with Gasteiger partial charge in [0.15, 0.2) is 0 Å². The fraction of sp³-hybridized carbons (Fsp3) is 0.600. The van der Waals surface area contributed by atoms with Crippen molar-refractivity contribution in [2.24, 2.45) is 0 Å². The van der Waals surface area contributed by atoms with Crippen LogP contribution in [0.3, 0.4) is 0 Å². The molecule has 146 valence electrons. The Labute approximate surface area is 159 Å². The van der Waals surface area contributed by atoms with Crippen molar-refractivity contribution in [3.05, 3.63) is 30.3 Å². The average molecular weight is 373 g/mol. The van der Waals surface area contributed by atoms with Crippen molar-refractivity contribution in [2.75, 3.05) is 64.0 Å². The van der Waals surface area contributed by atoms with Crippen LogP contribution in [0.25, 0.3) is 0 Å². The number of ether oxygens (including phenoxy) is 2. The molecule has 0 saturated carbocycles. The zero-order chi connectivity index (χ0) is 18.7. The number of amides is 2. The first kappa shape index (κ1) is 18.4. The lowest BCUT2D eigenvalue weighted by molar-refractivity contribution is -0.154. The van der Waals surface area contributed by atoms with Crippen molar-refractivity contribution >= 4 is 17.5 Å². The van der Waals surface area contributed by atoms with Gasteiger partial charge < -0.3 is 19.3 Å². The average Bonchev–Trinajstić information content (AvgIpc) is 2.72. The van der Waals surface area contributed by atoms with Gasteiger partial charge in [0, 0.05) is 25.3 Å². The van der Waals surface area contributed by atoms with Gasteiger partial charge in [0.25, 0.3) is 5.91 Å². The molecule has 7 heteroatoms. The number of rotatable bonds is 3. The number of hydrogen-bond acceptors (Lipinski definition) is 5. The maximum absolute atomic E-state index is 12.8. The van der Waals surface area contributed by atoms with E-state index in [0.717, 1.165) is 38.2 Å². The topological polar surface area (TPSA) is 62.3 Å². The van der Waals surface area contributed by atoms with Crippen LogP contribution >= 0.6 is 0 Å². The van der Waals surface area contributed by atoms with Gasteiger partial charge in [0.05, 0.1) is 32.8 Å². The van der Waals surface area contributed by atoms with Gasteiger partial charge in [-0.15, -0.1) is 0 Å². The second-order valence-corrected chi connectivity index (χ2v) is 7.59. The van der Waals surface area contributed by atoms with Crippen molar-refractivity contribution in [1.29, 1.82) is 0 Å². The molecule has 0 bridgehead atoms. The SMILES string of the molecule is O=C(CN1CCOCC1)N1CCCC2(C1)CN(c1ccccc1)C(=O)CO2. The summed E-state index contributed by atoms with van der Waals surface area (Å²) in [7, 11) is 0.